The van der Waals surface area contributed by atoms with Crippen molar-refractivity contribution < 1.29 is 26.3 Å². The quantitative estimate of drug-likeness (QED) is 0.770. The highest BCUT2D eigenvalue weighted by Gasteiger charge is 2.34. The SMILES string of the molecule is Nc1ncc2ccn(S(=O)(=O)c3ccccc3OC(F)(F)F)c2n1. The number of hydrogen-bond donors (Lipinski definition) is 1. The molecule has 1 aromatic carbocycles. The molecule has 0 unspecified atom stereocenters. The van der Waals surface area contributed by atoms with Crippen molar-refractivity contribution in [2.45, 2.75) is 11.3 Å². The molecule has 126 valence electrons. The molecule has 3 aromatic rings. The highest BCUT2D eigenvalue weighted by molar-refractivity contribution is 7.90. The minimum Gasteiger partial charge on any atom is -0.404 e. The van der Waals surface area contributed by atoms with Crippen LogP contribution in [-0.2, 0) is 10.0 Å². The van der Waals surface area contributed by atoms with Gasteiger partial charge >= 0.3 is 6.36 Å². The van der Waals surface area contributed by atoms with Crippen LogP contribution in [0.2, 0.25) is 0 Å². The predicted octanol–water partition coefficient (Wildman–Crippen LogP) is 2.15. The van der Waals surface area contributed by atoms with E-state index in [2.05, 4.69) is 14.7 Å². The molecule has 0 bridgehead atoms. The van der Waals surface area contributed by atoms with Crippen LogP contribution in [0.25, 0.3) is 11.0 Å². The Bertz CT molecular complexity index is 1010. The number of anilines is 1. The molecular weight excluding hydrogens is 349 g/mol. The van der Waals surface area contributed by atoms with Gasteiger partial charge in [-0.3, -0.25) is 0 Å². The zero-order valence-electron chi connectivity index (χ0n) is 11.7. The van der Waals surface area contributed by atoms with Gasteiger partial charge in [-0.1, -0.05) is 12.1 Å². The van der Waals surface area contributed by atoms with Crippen LogP contribution >= 0.6 is 0 Å². The molecule has 0 aliphatic rings. The summed E-state index contributed by atoms with van der Waals surface area (Å²) in [4.78, 5) is 6.89. The number of benzene rings is 1. The van der Waals surface area contributed by atoms with Crippen LogP contribution in [0.15, 0.2) is 47.6 Å². The Kier molecular flexibility index (Phi) is 3.59. The number of nitrogens with zero attached hydrogens (tertiary/aromatic N) is 3. The van der Waals surface area contributed by atoms with Crippen LogP contribution in [0, 0.1) is 0 Å². The number of alkyl halides is 3. The van der Waals surface area contributed by atoms with Crippen LogP contribution in [0.3, 0.4) is 0 Å². The third-order valence-electron chi connectivity index (χ3n) is 3.02. The zero-order valence-corrected chi connectivity index (χ0v) is 12.5. The second-order valence-corrected chi connectivity index (χ2v) is 6.40. The number of hydrogen-bond acceptors (Lipinski definition) is 6. The zero-order chi connectivity index (χ0) is 17.5. The second kappa shape index (κ2) is 5.37. The van der Waals surface area contributed by atoms with Crippen molar-refractivity contribution in [2.24, 2.45) is 0 Å². The van der Waals surface area contributed by atoms with Crippen molar-refractivity contribution in [2.75, 3.05) is 5.73 Å². The lowest BCUT2D eigenvalue weighted by Gasteiger charge is -2.14. The number of fused-ring (bicyclic) bond motifs is 1. The minimum atomic E-state index is -5.03. The molecule has 0 aliphatic carbocycles. The monoisotopic (exact) mass is 358 g/mol. The van der Waals surface area contributed by atoms with Crippen LogP contribution in [0.1, 0.15) is 0 Å². The molecule has 7 nitrogen and oxygen atoms in total. The summed E-state index contributed by atoms with van der Waals surface area (Å²) in [6.07, 6.45) is -2.57. The Labute approximate surface area is 133 Å². The molecule has 3 rings (SSSR count). The highest BCUT2D eigenvalue weighted by Crippen LogP contribution is 2.31. The smallest absolute Gasteiger partial charge is 0.404 e. The Balaban J connectivity index is 2.19. The molecule has 0 aliphatic heterocycles. The summed E-state index contributed by atoms with van der Waals surface area (Å²) in [6.45, 7) is 0. The van der Waals surface area contributed by atoms with Gasteiger partial charge in [0.25, 0.3) is 10.0 Å². The molecule has 0 spiro atoms. The highest BCUT2D eigenvalue weighted by atomic mass is 32.2. The van der Waals surface area contributed by atoms with Crippen molar-refractivity contribution in [3.05, 3.63) is 42.7 Å². The number of ether oxygens (including phenoxy) is 1. The molecule has 0 fully saturated rings. The fourth-order valence-corrected chi connectivity index (χ4v) is 3.50. The van der Waals surface area contributed by atoms with Crippen molar-refractivity contribution in [1.29, 1.82) is 0 Å². The molecule has 2 N–H and O–H groups in total. The first-order chi connectivity index (χ1) is 11.2. The third-order valence-corrected chi connectivity index (χ3v) is 4.73. The van der Waals surface area contributed by atoms with Gasteiger partial charge in [0, 0.05) is 17.8 Å². The molecule has 24 heavy (non-hydrogen) atoms. The minimum absolute atomic E-state index is 0.0516. The maximum atomic E-state index is 12.7. The molecule has 11 heteroatoms. The van der Waals surface area contributed by atoms with Gasteiger partial charge in [-0.15, -0.1) is 13.2 Å². The molecule has 0 saturated heterocycles. The summed E-state index contributed by atoms with van der Waals surface area (Å²) < 4.78 is 67.5. The average molecular weight is 358 g/mol. The van der Waals surface area contributed by atoms with Crippen LogP contribution in [0.4, 0.5) is 19.1 Å². The van der Waals surface area contributed by atoms with E-state index in [-0.39, 0.29) is 11.6 Å². The summed E-state index contributed by atoms with van der Waals surface area (Å²) in [5, 5.41) is 0.363. The summed E-state index contributed by atoms with van der Waals surface area (Å²) in [5.74, 6) is -1.01. The lowest BCUT2D eigenvalue weighted by molar-refractivity contribution is -0.275. The lowest BCUT2D eigenvalue weighted by Crippen LogP contribution is -2.20. The van der Waals surface area contributed by atoms with E-state index in [0.717, 1.165) is 22.3 Å². The maximum absolute atomic E-state index is 12.7. The Hall–Kier alpha value is -2.82. The van der Waals surface area contributed by atoms with E-state index >= 15 is 0 Å². The first-order valence-corrected chi connectivity index (χ1v) is 7.82. The number of rotatable bonds is 3. The van der Waals surface area contributed by atoms with Gasteiger partial charge in [0.05, 0.1) is 0 Å². The molecular formula is C13H9F3N4O3S. The van der Waals surface area contributed by atoms with Crippen molar-refractivity contribution >= 4 is 27.0 Å². The number of aromatic nitrogens is 3. The van der Waals surface area contributed by atoms with E-state index in [1.54, 1.807) is 0 Å². The van der Waals surface area contributed by atoms with Gasteiger partial charge in [-0.25, -0.2) is 17.4 Å². The number of nitrogen functional groups attached to an aromatic ring is 1. The molecule has 2 aromatic heterocycles. The topological polar surface area (TPSA) is 100 Å². The van der Waals surface area contributed by atoms with Gasteiger partial charge in [0.2, 0.25) is 5.95 Å². The molecule has 0 saturated carbocycles. The Morgan fingerprint density at radius 3 is 2.58 bits per heavy atom. The molecule has 0 radical (unpaired) electrons. The summed E-state index contributed by atoms with van der Waals surface area (Å²) in [6, 6.07) is 5.83. The largest absolute Gasteiger partial charge is 0.573 e. The van der Waals surface area contributed by atoms with Gasteiger partial charge < -0.3 is 10.5 Å². The van der Waals surface area contributed by atoms with Gasteiger partial charge in [-0.2, -0.15) is 4.98 Å². The predicted molar refractivity (Wildman–Crippen MR) is 77.6 cm³/mol. The van der Waals surface area contributed by atoms with Crippen molar-refractivity contribution in [1.82, 2.24) is 13.9 Å². The summed E-state index contributed by atoms with van der Waals surface area (Å²) >= 11 is 0. The fourth-order valence-electron chi connectivity index (χ4n) is 2.08. The van der Waals surface area contributed by atoms with Gasteiger partial charge in [0.15, 0.2) is 5.65 Å². The fraction of sp³-hybridized carbons (Fsp3) is 0.0769. The second-order valence-electron chi connectivity index (χ2n) is 4.62. The Morgan fingerprint density at radius 2 is 1.88 bits per heavy atom. The van der Waals surface area contributed by atoms with E-state index in [9.17, 15) is 21.6 Å². The van der Waals surface area contributed by atoms with E-state index in [1.807, 2.05) is 0 Å². The van der Waals surface area contributed by atoms with Gasteiger partial charge in [-0.05, 0) is 18.2 Å². The van der Waals surface area contributed by atoms with Crippen molar-refractivity contribution in [3.8, 4) is 5.75 Å². The molecule has 2 heterocycles. The first-order valence-electron chi connectivity index (χ1n) is 6.38. The number of para-hydroxylation sites is 1. The molecule has 0 atom stereocenters. The maximum Gasteiger partial charge on any atom is 0.573 e. The van der Waals surface area contributed by atoms with E-state index < -0.39 is 27.0 Å². The van der Waals surface area contributed by atoms with E-state index in [0.29, 0.717) is 5.39 Å². The lowest BCUT2D eigenvalue weighted by atomic mass is 10.3. The van der Waals surface area contributed by atoms with Crippen LogP contribution in [-0.4, -0.2) is 28.7 Å². The number of halogens is 3. The average Bonchev–Trinajstić information content (AvgIpc) is 2.89. The third kappa shape index (κ3) is 2.85. The van der Waals surface area contributed by atoms with Crippen LogP contribution < -0.4 is 10.5 Å². The molecule has 0 amide bonds. The first kappa shape index (κ1) is 16.1. The van der Waals surface area contributed by atoms with E-state index in [1.165, 1.54) is 24.4 Å². The number of nitrogens with two attached hydrogens (primary N) is 1. The van der Waals surface area contributed by atoms with Crippen LogP contribution in [0.5, 0.6) is 5.75 Å². The standard InChI is InChI=1S/C13H9F3N4O3S/c14-13(15,16)23-9-3-1-2-4-10(9)24(21,22)20-6-5-8-7-18-12(17)19-11(8)20/h1-7H,(H2,17,18,19). The van der Waals surface area contributed by atoms with Crippen molar-refractivity contribution in [3.63, 3.8) is 0 Å². The Morgan fingerprint density at radius 1 is 1.17 bits per heavy atom. The van der Waals surface area contributed by atoms with Gasteiger partial charge in [0.1, 0.15) is 10.6 Å². The van der Waals surface area contributed by atoms with E-state index in [4.69, 9.17) is 5.73 Å². The normalized spacial score (nSPS) is 12.5. The summed E-state index contributed by atoms with van der Waals surface area (Å²) in [5.41, 5.74) is 5.39. The summed E-state index contributed by atoms with van der Waals surface area (Å²) in [7, 11) is -4.40.